The average Bonchev–Trinajstić information content (AvgIpc) is 2.64. The summed E-state index contributed by atoms with van der Waals surface area (Å²) >= 11 is 0. The lowest BCUT2D eigenvalue weighted by Crippen LogP contribution is -2.23. The topological polar surface area (TPSA) is 113 Å². The monoisotopic (exact) mass is 409 g/mol. The molecule has 0 amide bonds. The van der Waals surface area contributed by atoms with Crippen molar-refractivity contribution in [3.8, 4) is 5.75 Å². The van der Waals surface area contributed by atoms with E-state index in [2.05, 4.69) is 16.0 Å². The Labute approximate surface area is 166 Å². The first-order chi connectivity index (χ1) is 13.1. The Balaban J connectivity index is 3.20. The number of ether oxygens (including phenoxy) is 1. The third-order valence-electron chi connectivity index (χ3n) is 3.84. The molecule has 0 aliphatic heterocycles. The first-order valence-corrected chi connectivity index (χ1v) is 10.3. The van der Waals surface area contributed by atoms with Crippen LogP contribution in [0.15, 0.2) is 59.2 Å². The number of nitrogens with one attached hydrogen (secondary N) is 1. The third-order valence-corrected chi connectivity index (χ3v) is 5.22. The minimum Gasteiger partial charge on any atom is -0.507 e. The highest BCUT2D eigenvalue weighted by Gasteiger charge is 2.20. The minimum atomic E-state index is -4.03. The molecule has 0 spiro atoms. The van der Waals surface area contributed by atoms with Crippen molar-refractivity contribution in [2.75, 3.05) is 7.11 Å². The van der Waals surface area contributed by atoms with Crippen LogP contribution >= 0.6 is 0 Å². The van der Waals surface area contributed by atoms with Crippen molar-refractivity contribution in [2.45, 2.75) is 44.1 Å². The van der Waals surface area contributed by atoms with Crippen molar-refractivity contribution in [1.29, 1.82) is 0 Å². The van der Waals surface area contributed by atoms with Crippen LogP contribution in [0.1, 0.15) is 43.5 Å². The van der Waals surface area contributed by atoms with E-state index in [0.29, 0.717) is 25.0 Å². The molecule has 0 heterocycles. The number of aliphatic hydroxyl groups is 1. The van der Waals surface area contributed by atoms with Gasteiger partial charge >= 0.3 is 5.97 Å². The van der Waals surface area contributed by atoms with E-state index in [4.69, 9.17) is 0 Å². The molecule has 1 rings (SSSR count). The summed E-state index contributed by atoms with van der Waals surface area (Å²) in [5.74, 6) is -1.22. The summed E-state index contributed by atoms with van der Waals surface area (Å²) in [6, 6.07) is 3.35. The average molecular weight is 410 g/mol. The van der Waals surface area contributed by atoms with Gasteiger partial charge in [-0.1, -0.05) is 31.2 Å². The fourth-order valence-electron chi connectivity index (χ4n) is 2.12. The molecule has 0 aliphatic carbocycles. The van der Waals surface area contributed by atoms with Gasteiger partial charge in [0, 0.05) is 5.70 Å². The van der Waals surface area contributed by atoms with Gasteiger partial charge in [-0.15, -0.1) is 0 Å². The SMILES string of the molecule is C=C(/C=C\C(=C\CCC(C)O)NS(=O)(=O)c1ccc(O)c(C(=O)OC)c1)CC. The number of rotatable bonds is 10. The smallest absolute Gasteiger partial charge is 0.341 e. The maximum Gasteiger partial charge on any atom is 0.341 e. The van der Waals surface area contributed by atoms with Gasteiger partial charge in [-0.2, -0.15) is 0 Å². The molecule has 28 heavy (non-hydrogen) atoms. The number of benzene rings is 1. The van der Waals surface area contributed by atoms with Gasteiger partial charge < -0.3 is 14.9 Å². The Morgan fingerprint density at radius 1 is 1.36 bits per heavy atom. The van der Waals surface area contributed by atoms with E-state index < -0.39 is 22.1 Å². The Morgan fingerprint density at radius 3 is 2.61 bits per heavy atom. The second kappa shape index (κ2) is 10.7. The summed E-state index contributed by atoms with van der Waals surface area (Å²) in [6.45, 7) is 7.43. The summed E-state index contributed by atoms with van der Waals surface area (Å²) in [5, 5.41) is 19.1. The summed E-state index contributed by atoms with van der Waals surface area (Å²) in [7, 11) is -2.89. The number of hydrogen-bond donors (Lipinski definition) is 3. The maximum atomic E-state index is 12.7. The number of sulfonamides is 1. The zero-order valence-electron chi connectivity index (χ0n) is 16.3. The normalized spacial score (nSPS) is 13.4. The maximum absolute atomic E-state index is 12.7. The summed E-state index contributed by atoms with van der Waals surface area (Å²) < 4.78 is 32.5. The lowest BCUT2D eigenvalue weighted by Gasteiger charge is -2.11. The van der Waals surface area contributed by atoms with Crippen molar-refractivity contribution >= 4 is 16.0 Å². The minimum absolute atomic E-state index is 0.199. The molecule has 1 aromatic carbocycles. The molecule has 0 aromatic heterocycles. The number of hydrogen-bond acceptors (Lipinski definition) is 6. The highest BCUT2D eigenvalue weighted by molar-refractivity contribution is 7.89. The second-order valence-corrected chi connectivity index (χ2v) is 7.89. The summed E-state index contributed by atoms with van der Waals surface area (Å²) in [5.41, 5.74) is 0.876. The predicted molar refractivity (Wildman–Crippen MR) is 107 cm³/mol. The molecule has 0 fully saturated rings. The van der Waals surface area contributed by atoms with E-state index in [1.165, 1.54) is 6.07 Å². The number of carbonyl (C=O) groups excluding carboxylic acids is 1. The first-order valence-electron chi connectivity index (χ1n) is 8.79. The Morgan fingerprint density at radius 2 is 2.04 bits per heavy atom. The van der Waals surface area contributed by atoms with E-state index >= 15 is 0 Å². The van der Waals surface area contributed by atoms with E-state index in [0.717, 1.165) is 24.8 Å². The highest BCUT2D eigenvalue weighted by Crippen LogP contribution is 2.22. The van der Waals surface area contributed by atoms with Gasteiger partial charge in [0.1, 0.15) is 11.3 Å². The lowest BCUT2D eigenvalue weighted by atomic mass is 10.1. The van der Waals surface area contributed by atoms with Crippen molar-refractivity contribution in [3.63, 3.8) is 0 Å². The number of phenolic OH excluding ortho intramolecular Hbond substituents is 1. The van der Waals surface area contributed by atoms with Crippen LogP contribution < -0.4 is 4.72 Å². The van der Waals surface area contributed by atoms with Gasteiger partial charge in [0.05, 0.1) is 18.1 Å². The molecule has 1 unspecified atom stereocenters. The van der Waals surface area contributed by atoms with Crippen LogP contribution in [-0.4, -0.2) is 37.8 Å². The van der Waals surface area contributed by atoms with Crippen LogP contribution in [0.5, 0.6) is 5.75 Å². The number of phenols is 1. The van der Waals surface area contributed by atoms with Gasteiger partial charge in [-0.25, -0.2) is 13.2 Å². The predicted octanol–water partition coefficient (Wildman–Crippen LogP) is 3.02. The largest absolute Gasteiger partial charge is 0.507 e. The van der Waals surface area contributed by atoms with E-state index in [9.17, 15) is 23.4 Å². The standard InChI is InChI=1S/C20H27NO6S/c1-5-14(2)9-10-16(8-6-7-15(3)22)21-28(25,26)17-11-12-19(23)18(13-17)20(24)27-4/h8-13,15,21-23H,2,5-7H2,1,3-4H3/b10-9-,16-8-. The molecule has 0 aliphatic rings. The van der Waals surface area contributed by atoms with Crippen LogP contribution in [0.25, 0.3) is 0 Å². The molecule has 8 heteroatoms. The molecular formula is C20H27NO6S. The number of allylic oxidation sites excluding steroid dienone is 4. The highest BCUT2D eigenvalue weighted by atomic mass is 32.2. The van der Waals surface area contributed by atoms with Gasteiger partial charge in [0.15, 0.2) is 0 Å². The number of methoxy groups -OCH3 is 1. The van der Waals surface area contributed by atoms with Crippen molar-refractivity contribution in [1.82, 2.24) is 4.72 Å². The zero-order valence-corrected chi connectivity index (χ0v) is 17.1. The fraction of sp³-hybridized carbons (Fsp3) is 0.350. The third kappa shape index (κ3) is 7.21. The number of esters is 1. The molecule has 3 N–H and O–H groups in total. The second-order valence-electron chi connectivity index (χ2n) is 6.21. The Hall–Kier alpha value is -2.58. The molecule has 0 radical (unpaired) electrons. The van der Waals surface area contributed by atoms with Crippen molar-refractivity contribution in [2.24, 2.45) is 0 Å². The van der Waals surface area contributed by atoms with Gasteiger partial charge in [-0.05, 0) is 50.5 Å². The summed E-state index contributed by atoms with van der Waals surface area (Å²) in [6.07, 6.45) is 6.08. The molecule has 0 saturated heterocycles. The number of aliphatic hydroxyl groups excluding tert-OH is 1. The Kier molecular flexibility index (Phi) is 8.94. The molecule has 0 saturated carbocycles. The lowest BCUT2D eigenvalue weighted by molar-refractivity contribution is 0.0597. The van der Waals surface area contributed by atoms with Gasteiger partial charge in [-0.3, -0.25) is 4.72 Å². The molecular weight excluding hydrogens is 382 g/mol. The van der Waals surface area contributed by atoms with Crippen LogP contribution in [0.2, 0.25) is 0 Å². The van der Waals surface area contributed by atoms with Gasteiger partial charge in [0.2, 0.25) is 0 Å². The van der Waals surface area contributed by atoms with E-state index in [-0.39, 0.29) is 16.2 Å². The van der Waals surface area contributed by atoms with E-state index in [1.54, 1.807) is 25.2 Å². The molecule has 154 valence electrons. The number of carbonyl (C=O) groups is 1. The van der Waals surface area contributed by atoms with Crippen LogP contribution in [0, 0.1) is 0 Å². The van der Waals surface area contributed by atoms with Crippen molar-refractivity contribution < 1.29 is 28.2 Å². The van der Waals surface area contributed by atoms with Crippen LogP contribution in [0.3, 0.4) is 0 Å². The van der Waals surface area contributed by atoms with Gasteiger partial charge in [0.25, 0.3) is 10.0 Å². The van der Waals surface area contributed by atoms with Crippen LogP contribution in [0.4, 0.5) is 0 Å². The fourth-order valence-corrected chi connectivity index (χ4v) is 3.22. The molecule has 1 aromatic rings. The van der Waals surface area contributed by atoms with Crippen LogP contribution in [-0.2, 0) is 14.8 Å². The van der Waals surface area contributed by atoms with Crippen molar-refractivity contribution in [3.05, 3.63) is 59.8 Å². The molecule has 1 atom stereocenters. The zero-order chi connectivity index (χ0) is 21.3. The molecule has 0 bridgehead atoms. The quantitative estimate of drug-likeness (QED) is 0.404. The summed E-state index contributed by atoms with van der Waals surface area (Å²) in [4.78, 5) is 11.5. The Bertz CT molecular complexity index is 869. The molecule has 7 nitrogen and oxygen atoms in total. The number of aromatic hydroxyl groups is 1. The van der Waals surface area contributed by atoms with E-state index in [1.807, 2.05) is 6.92 Å². The first kappa shape index (κ1) is 23.5.